The molecule has 0 aliphatic carbocycles. The Hall–Kier alpha value is -1.86. The van der Waals surface area contributed by atoms with Gasteiger partial charge in [0.05, 0.1) is 12.8 Å². The van der Waals surface area contributed by atoms with E-state index >= 15 is 0 Å². The number of hydrogen-bond acceptors (Lipinski definition) is 5. The minimum absolute atomic E-state index is 0.152. The Morgan fingerprint density at radius 3 is 2.91 bits per heavy atom. The smallest absolute Gasteiger partial charge is 0.343 e. The van der Waals surface area contributed by atoms with Crippen molar-refractivity contribution in [2.24, 2.45) is 7.05 Å². The third kappa shape index (κ3) is 3.66. The van der Waals surface area contributed by atoms with Crippen LogP contribution < -0.4 is 11.0 Å². The van der Waals surface area contributed by atoms with Gasteiger partial charge in [-0.1, -0.05) is 0 Å². The molecule has 7 heteroatoms. The molecule has 3 rings (SSSR count). The fraction of sp³-hybridized carbons (Fsp3) is 0.600. The molecule has 0 radical (unpaired) electrons. The number of furan rings is 1. The molecule has 2 aromatic rings. The summed E-state index contributed by atoms with van der Waals surface area (Å²) in [4.78, 5) is 13.7. The second-order valence-corrected chi connectivity index (χ2v) is 5.84. The highest BCUT2D eigenvalue weighted by Crippen LogP contribution is 2.14. The third-order valence-corrected chi connectivity index (χ3v) is 4.30. The summed E-state index contributed by atoms with van der Waals surface area (Å²) >= 11 is 0. The van der Waals surface area contributed by atoms with Crippen LogP contribution in [0.15, 0.2) is 27.6 Å². The Bertz CT molecular complexity index is 623. The average Bonchev–Trinajstić information content (AvgIpc) is 3.14. The van der Waals surface area contributed by atoms with Crippen molar-refractivity contribution in [3.8, 4) is 0 Å². The van der Waals surface area contributed by atoms with Crippen molar-refractivity contribution in [1.29, 1.82) is 0 Å². The van der Waals surface area contributed by atoms with Crippen LogP contribution in [0.3, 0.4) is 0 Å². The van der Waals surface area contributed by atoms with Gasteiger partial charge in [0.15, 0.2) is 0 Å². The van der Waals surface area contributed by atoms with Gasteiger partial charge in [0.25, 0.3) is 0 Å². The summed E-state index contributed by atoms with van der Waals surface area (Å²) in [7, 11) is 1.74. The highest BCUT2D eigenvalue weighted by Gasteiger charge is 2.19. The van der Waals surface area contributed by atoms with Gasteiger partial charge in [-0.2, -0.15) is 5.10 Å². The summed E-state index contributed by atoms with van der Waals surface area (Å²) in [6.45, 7) is 3.91. The van der Waals surface area contributed by atoms with E-state index in [0.29, 0.717) is 6.04 Å². The Labute approximate surface area is 129 Å². The van der Waals surface area contributed by atoms with E-state index in [9.17, 15) is 4.79 Å². The van der Waals surface area contributed by atoms with Crippen molar-refractivity contribution in [3.05, 3.63) is 40.5 Å². The molecule has 2 N–H and O–H groups in total. The molecule has 0 spiro atoms. The fourth-order valence-electron chi connectivity index (χ4n) is 2.91. The number of H-pyrrole nitrogens is 1. The van der Waals surface area contributed by atoms with Crippen molar-refractivity contribution >= 4 is 0 Å². The van der Waals surface area contributed by atoms with Gasteiger partial charge in [-0.15, -0.1) is 0 Å². The molecular formula is C15H23N5O2. The minimum atomic E-state index is -0.152. The topological polar surface area (TPSA) is 79.1 Å². The number of piperidine rings is 1. The van der Waals surface area contributed by atoms with Crippen molar-refractivity contribution < 1.29 is 4.42 Å². The van der Waals surface area contributed by atoms with E-state index in [1.54, 1.807) is 17.9 Å². The normalized spacial score (nSPS) is 17.1. The van der Waals surface area contributed by atoms with Crippen LogP contribution in [0.4, 0.5) is 0 Å². The van der Waals surface area contributed by atoms with Gasteiger partial charge in [-0.05, 0) is 25.0 Å². The van der Waals surface area contributed by atoms with Gasteiger partial charge >= 0.3 is 5.69 Å². The predicted octanol–water partition coefficient (Wildman–Crippen LogP) is 0.498. The predicted molar refractivity (Wildman–Crippen MR) is 82.5 cm³/mol. The first-order valence-corrected chi connectivity index (χ1v) is 7.81. The van der Waals surface area contributed by atoms with E-state index < -0.39 is 0 Å². The quantitative estimate of drug-likeness (QED) is 0.812. The third-order valence-electron chi connectivity index (χ3n) is 4.30. The van der Waals surface area contributed by atoms with Crippen LogP contribution in [0.2, 0.25) is 0 Å². The summed E-state index contributed by atoms with van der Waals surface area (Å²) in [6.07, 6.45) is 4.77. The zero-order valence-corrected chi connectivity index (χ0v) is 12.9. The Morgan fingerprint density at radius 2 is 2.27 bits per heavy atom. The van der Waals surface area contributed by atoms with Crippen LogP contribution in [0.25, 0.3) is 0 Å². The van der Waals surface area contributed by atoms with Crippen LogP contribution >= 0.6 is 0 Å². The Balaban J connectivity index is 1.37. The number of hydrogen-bond donors (Lipinski definition) is 2. The van der Waals surface area contributed by atoms with Gasteiger partial charge in [-0.25, -0.2) is 9.89 Å². The maximum absolute atomic E-state index is 11.3. The number of likely N-dealkylation sites (tertiary alicyclic amines) is 1. The first-order chi connectivity index (χ1) is 10.7. The van der Waals surface area contributed by atoms with E-state index in [4.69, 9.17) is 4.42 Å². The van der Waals surface area contributed by atoms with Crippen LogP contribution in [0.5, 0.6) is 0 Å². The molecule has 0 amide bonds. The number of rotatable bonds is 6. The van der Waals surface area contributed by atoms with Gasteiger partial charge in [-0.3, -0.25) is 9.47 Å². The number of nitrogens with zero attached hydrogens (tertiary/aromatic N) is 3. The molecule has 0 atom stereocenters. The molecule has 120 valence electrons. The van der Waals surface area contributed by atoms with E-state index in [2.05, 4.69) is 20.4 Å². The van der Waals surface area contributed by atoms with Crippen molar-refractivity contribution in [1.82, 2.24) is 25.0 Å². The van der Waals surface area contributed by atoms with E-state index in [0.717, 1.165) is 57.0 Å². The lowest BCUT2D eigenvalue weighted by Crippen LogP contribution is -2.42. The molecule has 0 saturated carbocycles. The molecule has 3 heterocycles. The largest absolute Gasteiger partial charge is 0.468 e. The standard InChI is InChI=1S/C15H23N5O2/c1-19-14(17-18-15(19)21)4-7-16-12-5-8-20(9-6-12)11-13-3-2-10-22-13/h2-3,10,12,16H,4-9,11H2,1H3,(H,18,21). The SMILES string of the molecule is Cn1c(CCNC2CCN(Cc3ccco3)CC2)n[nH]c1=O. The lowest BCUT2D eigenvalue weighted by atomic mass is 10.0. The molecule has 1 fully saturated rings. The van der Waals surface area contributed by atoms with Crippen LogP contribution in [-0.2, 0) is 20.0 Å². The molecule has 0 aromatic carbocycles. The van der Waals surface area contributed by atoms with E-state index in [1.807, 2.05) is 12.1 Å². The first kappa shape index (κ1) is 15.1. The van der Waals surface area contributed by atoms with Gasteiger partial charge in [0, 0.05) is 39.1 Å². The molecule has 22 heavy (non-hydrogen) atoms. The number of aromatic amines is 1. The van der Waals surface area contributed by atoms with Crippen LogP contribution in [0.1, 0.15) is 24.4 Å². The van der Waals surface area contributed by atoms with Crippen molar-refractivity contribution in [2.45, 2.75) is 31.8 Å². The van der Waals surface area contributed by atoms with Gasteiger partial charge in [0.2, 0.25) is 0 Å². The van der Waals surface area contributed by atoms with E-state index in [-0.39, 0.29) is 5.69 Å². The molecule has 1 aliphatic heterocycles. The zero-order valence-electron chi connectivity index (χ0n) is 12.9. The maximum atomic E-state index is 11.3. The number of nitrogens with one attached hydrogen (secondary N) is 2. The monoisotopic (exact) mass is 305 g/mol. The average molecular weight is 305 g/mol. The lowest BCUT2D eigenvalue weighted by molar-refractivity contribution is 0.179. The lowest BCUT2D eigenvalue weighted by Gasteiger charge is -2.31. The molecule has 7 nitrogen and oxygen atoms in total. The molecule has 0 bridgehead atoms. The second kappa shape index (κ2) is 6.93. The fourth-order valence-corrected chi connectivity index (χ4v) is 2.91. The summed E-state index contributed by atoms with van der Waals surface area (Å²) < 4.78 is 6.96. The second-order valence-electron chi connectivity index (χ2n) is 5.84. The summed E-state index contributed by atoms with van der Waals surface area (Å²) in [5, 5.41) is 10.1. The molecule has 2 aromatic heterocycles. The van der Waals surface area contributed by atoms with Gasteiger partial charge < -0.3 is 9.73 Å². The molecular weight excluding hydrogens is 282 g/mol. The summed E-state index contributed by atoms with van der Waals surface area (Å²) in [6, 6.07) is 4.51. The van der Waals surface area contributed by atoms with Crippen molar-refractivity contribution in [2.75, 3.05) is 19.6 Å². The first-order valence-electron chi connectivity index (χ1n) is 7.81. The molecule has 1 saturated heterocycles. The van der Waals surface area contributed by atoms with Crippen molar-refractivity contribution in [3.63, 3.8) is 0 Å². The minimum Gasteiger partial charge on any atom is -0.468 e. The van der Waals surface area contributed by atoms with Gasteiger partial charge in [0.1, 0.15) is 11.6 Å². The Kier molecular flexibility index (Phi) is 4.74. The van der Waals surface area contributed by atoms with E-state index in [1.165, 1.54) is 0 Å². The maximum Gasteiger partial charge on any atom is 0.343 e. The zero-order chi connectivity index (χ0) is 15.4. The molecule has 1 aliphatic rings. The summed E-state index contributed by atoms with van der Waals surface area (Å²) in [5.74, 6) is 1.83. The Morgan fingerprint density at radius 1 is 1.45 bits per heavy atom. The van der Waals surface area contributed by atoms with Crippen LogP contribution in [-0.4, -0.2) is 45.3 Å². The highest BCUT2D eigenvalue weighted by molar-refractivity contribution is 4.98. The number of aromatic nitrogens is 3. The van der Waals surface area contributed by atoms with Crippen LogP contribution in [0, 0.1) is 0 Å². The summed E-state index contributed by atoms with van der Waals surface area (Å²) in [5.41, 5.74) is -0.152. The highest BCUT2D eigenvalue weighted by atomic mass is 16.3. The molecule has 0 unspecified atom stereocenters.